The van der Waals surface area contributed by atoms with Crippen molar-refractivity contribution in [1.82, 2.24) is 4.90 Å². The molecule has 1 saturated carbocycles. The van der Waals surface area contributed by atoms with Gasteiger partial charge in [-0.15, -0.1) is 0 Å². The molecule has 1 aliphatic carbocycles. The second-order valence-corrected chi connectivity index (χ2v) is 7.61. The first-order valence-corrected chi connectivity index (χ1v) is 8.43. The molecule has 0 bridgehead atoms. The van der Waals surface area contributed by atoms with Gasteiger partial charge < -0.3 is 17.7 Å². The van der Waals surface area contributed by atoms with Crippen molar-refractivity contribution >= 4 is 18.9 Å². The Morgan fingerprint density at radius 2 is 1.68 bits per heavy atom. The smallest absolute Gasteiger partial charge is 0.445 e. The Hall–Kier alpha value is 0.171. The van der Waals surface area contributed by atoms with Gasteiger partial charge in [0.2, 0.25) is 0 Å². The molecule has 4 nitrogen and oxygen atoms in total. The van der Waals surface area contributed by atoms with Crippen LogP contribution in [0.4, 0.5) is 17.7 Å². The maximum absolute atomic E-state index is 13.4. The topological polar surface area (TPSA) is 46.6 Å². The molecule has 25 heavy (non-hydrogen) atoms. The predicted molar refractivity (Wildman–Crippen MR) is 85.5 cm³/mol. The van der Waals surface area contributed by atoms with Crippen LogP contribution in [0.3, 0.4) is 0 Å². The summed E-state index contributed by atoms with van der Waals surface area (Å²) >= 11 is 0. The van der Waals surface area contributed by atoms with E-state index in [-0.39, 0.29) is 69.4 Å². The van der Waals surface area contributed by atoms with Gasteiger partial charge in [0.25, 0.3) is 0 Å². The van der Waals surface area contributed by atoms with Crippen LogP contribution in [0, 0.1) is 5.92 Å². The van der Waals surface area contributed by atoms with Crippen LogP contribution in [-0.2, 0) is 9.53 Å². The number of Topliss-reactive ketones (excluding diaryl/α,β-unsaturated/α-hetero) is 1. The van der Waals surface area contributed by atoms with Crippen LogP contribution in [0.2, 0.25) is 0 Å². The molecule has 1 fully saturated rings. The summed E-state index contributed by atoms with van der Waals surface area (Å²) in [5, 5.41) is 0. The molecule has 0 atom stereocenters. The average molecular weight is 385 g/mol. The number of halogens is 3. The van der Waals surface area contributed by atoms with Crippen molar-refractivity contribution in [2.24, 2.45) is 5.92 Å². The molecular weight excluding hydrogens is 361 g/mol. The number of carbonyl (C=O) groups is 2. The molecule has 1 amide bonds. The van der Waals surface area contributed by atoms with Crippen LogP contribution in [-0.4, -0.2) is 42.4 Å². The zero-order valence-electron chi connectivity index (χ0n) is 15.4. The summed E-state index contributed by atoms with van der Waals surface area (Å²) in [6.07, 6.45) is 3.25. The first-order chi connectivity index (χ1) is 11.0. The molecule has 0 spiro atoms. The molecule has 0 unspecified atom stereocenters. The zero-order chi connectivity index (χ0) is 18.1. The van der Waals surface area contributed by atoms with E-state index in [4.69, 9.17) is 4.74 Å². The summed E-state index contributed by atoms with van der Waals surface area (Å²) < 4.78 is 45.6. The van der Waals surface area contributed by atoms with Gasteiger partial charge in [0.1, 0.15) is 11.4 Å². The fourth-order valence-electron chi connectivity index (χ4n) is 3.43. The van der Waals surface area contributed by atoms with E-state index in [1.807, 2.05) is 0 Å². The molecule has 1 heterocycles. The maximum atomic E-state index is 13.4. The number of hydrogen-bond acceptors (Lipinski definition) is 3. The van der Waals surface area contributed by atoms with Crippen molar-refractivity contribution < 1.29 is 78.7 Å². The van der Waals surface area contributed by atoms with E-state index in [1.165, 1.54) is 0 Å². The second kappa shape index (κ2) is 8.91. The third kappa shape index (κ3) is 6.38. The van der Waals surface area contributed by atoms with Crippen molar-refractivity contribution in [3.05, 3.63) is 11.0 Å². The van der Waals surface area contributed by atoms with Crippen LogP contribution < -0.4 is 51.4 Å². The quantitative estimate of drug-likeness (QED) is 0.669. The van der Waals surface area contributed by atoms with Crippen LogP contribution in [0.1, 0.15) is 52.9 Å². The van der Waals surface area contributed by atoms with Gasteiger partial charge in [-0.2, -0.15) is 0 Å². The predicted octanol–water partition coefficient (Wildman–Crippen LogP) is 1.07. The number of carbonyl (C=O) groups excluding carboxylic acids is 2. The number of nitrogens with zero attached hydrogens (tertiary/aromatic N) is 1. The Labute approximate surface area is 189 Å². The van der Waals surface area contributed by atoms with Gasteiger partial charge in [0.15, 0.2) is 0 Å². The molecule has 0 aromatic rings. The largest absolute Gasteiger partial charge is 1.00 e. The molecular formula is C16H24BF3KNO3. The summed E-state index contributed by atoms with van der Waals surface area (Å²) in [6, 6.07) is 0. The van der Waals surface area contributed by atoms with Crippen molar-refractivity contribution in [3.63, 3.8) is 0 Å². The van der Waals surface area contributed by atoms with E-state index in [9.17, 15) is 22.5 Å². The van der Waals surface area contributed by atoms with Gasteiger partial charge >= 0.3 is 64.5 Å². The molecule has 136 valence electrons. The summed E-state index contributed by atoms with van der Waals surface area (Å²) in [5.41, 5.74) is -1.66. The normalized spacial score (nSPS) is 20.4. The number of hydrogen-bond donors (Lipinski definition) is 0. The van der Waals surface area contributed by atoms with Gasteiger partial charge in [-0.05, 0) is 39.5 Å². The second-order valence-electron chi connectivity index (χ2n) is 7.61. The van der Waals surface area contributed by atoms with Gasteiger partial charge in [-0.1, -0.05) is 30.3 Å². The molecule has 0 radical (unpaired) electrons. The Balaban J connectivity index is 0.00000312. The maximum Gasteiger partial charge on any atom is 1.00 e. The van der Waals surface area contributed by atoms with Gasteiger partial charge in [0, 0.05) is 6.54 Å². The van der Waals surface area contributed by atoms with E-state index >= 15 is 0 Å². The summed E-state index contributed by atoms with van der Waals surface area (Å²) in [6.45, 7) is -1.07. The van der Waals surface area contributed by atoms with Crippen LogP contribution in [0.5, 0.6) is 0 Å². The molecule has 0 aromatic heterocycles. The van der Waals surface area contributed by atoms with E-state index in [0.29, 0.717) is 12.8 Å². The van der Waals surface area contributed by atoms with Gasteiger partial charge in [-0.25, -0.2) is 4.79 Å². The Morgan fingerprint density at radius 3 is 2.16 bits per heavy atom. The average Bonchev–Trinajstić information content (AvgIpc) is 2.44. The third-order valence-electron chi connectivity index (χ3n) is 4.42. The molecule has 2 rings (SSSR count). The van der Waals surface area contributed by atoms with Crippen LogP contribution in [0.15, 0.2) is 11.0 Å². The third-order valence-corrected chi connectivity index (χ3v) is 4.42. The molecule has 0 saturated heterocycles. The number of ether oxygens (including phenoxy) is 1. The van der Waals surface area contributed by atoms with E-state index in [2.05, 4.69) is 0 Å². The molecule has 9 heteroatoms. The summed E-state index contributed by atoms with van der Waals surface area (Å²) in [4.78, 5) is 25.5. The van der Waals surface area contributed by atoms with Crippen molar-refractivity contribution in [1.29, 1.82) is 0 Å². The van der Waals surface area contributed by atoms with E-state index in [1.54, 1.807) is 20.8 Å². The first-order valence-electron chi connectivity index (χ1n) is 8.43. The first kappa shape index (κ1) is 23.2. The Bertz CT molecular complexity index is 552. The fourth-order valence-corrected chi connectivity index (χ4v) is 3.43. The van der Waals surface area contributed by atoms with E-state index in [0.717, 1.165) is 24.2 Å². The van der Waals surface area contributed by atoms with Gasteiger partial charge in [0.05, 0.1) is 6.54 Å². The molecule has 0 N–H and O–H groups in total. The van der Waals surface area contributed by atoms with Crippen LogP contribution in [0.25, 0.3) is 0 Å². The number of rotatable bonds is 2. The zero-order valence-corrected chi connectivity index (χ0v) is 18.5. The van der Waals surface area contributed by atoms with E-state index < -0.39 is 36.5 Å². The number of amides is 1. The minimum absolute atomic E-state index is 0. The van der Waals surface area contributed by atoms with Crippen molar-refractivity contribution in [2.75, 3.05) is 13.1 Å². The monoisotopic (exact) mass is 385 g/mol. The Morgan fingerprint density at radius 1 is 1.12 bits per heavy atom. The van der Waals surface area contributed by atoms with Gasteiger partial charge in [-0.3, -0.25) is 9.69 Å². The van der Waals surface area contributed by atoms with Crippen molar-refractivity contribution in [3.8, 4) is 0 Å². The standard InChI is InChI=1S/C16H24BF3NO3.K/c1-16(2,3)24-15(23)21-9-12(11-7-5-4-6-8-11)14(13(22)10-21)17(18,19)20;/h11H,4-10H2,1-3H3;/q-1;+1. The summed E-state index contributed by atoms with van der Waals surface area (Å²) in [7, 11) is 0. The minimum atomic E-state index is -5.37. The minimum Gasteiger partial charge on any atom is -0.445 e. The fraction of sp³-hybridized carbons (Fsp3) is 0.750. The van der Waals surface area contributed by atoms with Crippen LogP contribution >= 0.6 is 0 Å². The van der Waals surface area contributed by atoms with Crippen molar-refractivity contribution in [2.45, 2.75) is 58.5 Å². The summed E-state index contributed by atoms with van der Waals surface area (Å²) in [5.74, 6) is -1.29. The SMILES string of the molecule is CC(C)(C)OC(=O)N1CC(=O)C([B-](F)(F)F)=C(C2CCCCC2)C1.[K+]. The molecule has 2 aliphatic rings. The molecule has 0 aromatic carbocycles. The number of ketones is 1. The Kier molecular flexibility index (Phi) is 8.27. The molecule has 1 aliphatic heterocycles.